The summed E-state index contributed by atoms with van der Waals surface area (Å²) in [5, 5.41) is 34.9. The van der Waals surface area contributed by atoms with Crippen molar-refractivity contribution >= 4 is 17.5 Å². The van der Waals surface area contributed by atoms with Gasteiger partial charge in [0.05, 0.1) is 18.8 Å². The molecular formula is C26H31ClN4O5. The summed E-state index contributed by atoms with van der Waals surface area (Å²) in [6, 6.07) is 17.0. The molecule has 0 saturated carbocycles. The number of aromatic nitrogens is 2. The number of aliphatic hydroxyl groups excluding tert-OH is 3. The maximum Gasteiger partial charge on any atom is 0.283 e. The lowest BCUT2D eigenvalue weighted by molar-refractivity contribution is -0.197. The van der Waals surface area contributed by atoms with Crippen LogP contribution in [0.2, 0.25) is 5.02 Å². The molecule has 2 aromatic carbocycles. The van der Waals surface area contributed by atoms with Crippen molar-refractivity contribution in [2.24, 2.45) is 0 Å². The van der Waals surface area contributed by atoms with E-state index < -0.39 is 30.4 Å². The number of ether oxygens (including phenoxy) is 1. The van der Waals surface area contributed by atoms with Crippen molar-refractivity contribution in [3.8, 4) is 11.3 Å². The smallest absolute Gasteiger partial charge is 0.283 e. The van der Waals surface area contributed by atoms with Crippen molar-refractivity contribution in [3.05, 3.63) is 76.4 Å². The number of rotatable bonds is 6. The van der Waals surface area contributed by atoms with Gasteiger partial charge in [0.2, 0.25) is 0 Å². The van der Waals surface area contributed by atoms with E-state index >= 15 is 0 Å². The molecule has 36 heavy (non-hydrogen) atoms. The van der Waals surface area contributed by atoms with E-state index in [9.17, 15) is 20.1 Å². The second-order valence-electron chi connectivity index (χ2n) is 9.93. The molecule has 2 heterocycles. The lowest BCUT2D eigenvalue weighted by Crippen LogP contribution is -2.61. The molecule has 1 amide bonds. The molecule has 192 valence electrons. The third-order valence-electron chi connectivity index (χ3n) is 6.13. The van der Waals surface area contributed by atoms with Gasteiger partial charge in [0, 0.05) is 10.6 Å². The Bertz CT molecular complexity index is 1190. The first-order chi connectivity index (χ1) is 17.0. The average Bonchev–Trinajstić information content (AvgIpc) is 3.26. The molecule has 1 aromatic heterocycles. The zero-order valence-corrected chi connectivity index (χ0v) is 21.1. The van der Waals surface area contributed by atoms with Gasteiger partial charge in [0.1, 0.15) is 24.0 Å². The average molecular weight is 515 g/mol. The molecule has 1 saturated heterocycles. The third-order valence-corrected chi connectivity index (χ3v) is 6.39. The lowest BCUT2D eigenvalue weighted by Gasteiger charge is -2.35. The second kappa shape index (κ2) is 10.7. The third kappa shape index (κ3) is 5.95. The van der Waals surface area contributed by atoms with Crippen LogP contribution in [0.25, 0.3) is 11.3 Å². The molecule has 1 aliphatic rings. The fourth-order valence-corrected chi connectivity index (χ4v) is 4.02. The van der Waals surface area contributed by atoms with Crippen LogP contribution in [0.3, 0.4) is 0 Å². The number of hydrazine groups is 1. The molecule has 0 spiro atoms. The van der Waals surface area contributed by atoms with Crippen LogP contribution in [0.15, 0.2) is 54.6 Å². The van der Waals surface area contributed by atoms with Gasteiger partial charge in [-0.05, 0) is 34.7 Å². The van der Waals surface area contributed by atoms with Crippen LogP contribution in [0, 0.1) is 0 Å². The van der Waals surface area contributed by atoms with E-state index in [4.69, 9.17) is 16.3 Å². The normalized spacial score (nSPS) is 22.4. The van der Waals surface area contributed by atoms with E-state index in [0.717, 1.165) is 11.1 Å². The lowest BCUT2D eigenvalue weighted by atomic mass is 9.87. The SMILES string of the molecule is CC(C)(C)c1ccc(Cn2nc(-c3ccc(Cl)cc3)cc2C(=O)NN[C@@H]2OC[C@@H](O)[C@H](O)[C@H]2O)cc1. The molecule has 4 rings (SSSR count). The highest BCUT2D eigenvalue weighted by atomic mass is 35.5. The van der Waals surface area contributed by atoms with Gasteiger partial charge < -0.3 is 20.1 Å². The zero-order valence-electron chi connectivity index (χ0n) is 20.4. The Balaban J connectivity index is 1.57. The van der Waals surface area contributed by atoms with E-state index in [0.29, 0.717) is 17.3 Å². The standard InChI is InChI=1S/C26H31ClN4O5/c1-26(2,3)17-8-4-15(5-9-17)13-31-20(12-19(30-31)16-6-10-18(27)11-7-16)24(35)28-29-25-23(34)22(33)21(32)14-36-25/h4-12,21-23,25,29,32-34H,13-14H2,1-3H3,(H,28,35)/t21-,22+,23-,25-/m1/s1. The summed E-state index contributed by atoms with van der Waals surface area (Å²) in [6.07, 6.45) is -5.12. The molecular weight excluding hydrogens is 484 g/mol. The summed E-state index contributed by atoms with van der Waals surface area (Å²) < 4.78 is 6.89. The van der Waals surface area contributed by atoms with E-state index in [1.807, 2.05) is 24.3 Å². The van der Waals surface area contributed by atoms with Gasteiger partial charge in [-0.2, -0.15) is 5.10 Å². The Morgan fingerprint density at radius 2 is 1.75 bits per heavy atom. The van der Waals surface area contributed by atoms with Crippen LogP contribution in [-0.2, 0) is 16.7 Å². The van der Waals surface area contributed by atoms with Crippen LogP contribution in [0.1, 0.15) is 42.4 Å². The van der Waals surface area contributed by atoms with E-state index in [1.165, 1.54) is 5.56 Å². The highest BCUT2D eigenvalue weighted by molar-refractivity contribution is 6.30. The van der Waals surface area contributed by atoms with Crippen molar-refractivity contribution in [1.29, 1.82) is 0 Å². The first kappa shape index (κ1) is 26.3. The molecule has 1 aliphatic heterocycles. The van der Waals surface area contributed by atoms with Crippen LogP contribution >= 0.6 is 11.6 Å². The monoisotopic (exact) mass is 514 g/mol. The Labute approximate surface area is 214 Å². The molecule has 0 aliphatic carbocycles. The van der Waals surface area contributed by atoms with E-state index in [2.05, 4.69) is 48.9 Å². The van der Waals surface area contributed by atoms with Crippen molar-refractivity contribution < 1.29 is 24.9 Å². The molecule has 0 radical (unpaired) electrons. The molecule has 0 unspecified atom stereocenters. The first-order valence-electron chi connectivity index (χ1n) is 11.7. The number of benzene rings is 2. The summed E-state index contributed by atoms with van der Waals surface area (Å²) in [6.45, 7) is 6.62. The summed E-state index contributed by atoms with van der Waals surface area (Å²) in [5.41, 5.74) is 8.97. The number of aliphatic hydroxyl groups is 3. The van der Waals surface area contributed by atoms with Crippen molar-refractivity contribution in [1.82, 2.24) is 20.6 Å². The molecule has 3 aromatic rings. The minimum Gasteiger partial charge on any atom is -0.388 e. The summed E-state index contributed by atoms with van der Waals surface area (Å²) in [7, 11) is 0. The number of amides is 1. The van der Waals surface area contributed by atoms with Gasteiger partial charge in [-0.1, -0.05) is 68.8 Å². The number of halogens is 1. The fraction of sp³-hybridized carbons (Fsp3) is 0.385. The number of carbonyl (C=O) groups is 1. The molecule has 9 nitrogen and oxygen atoms in total. The van der Waals surface area contributed by atoms with Gasteiger partial charge in [0.15, 0.2) is 6.23 Å². The van der Waals surface area contributed by atoms with E-state index in [-0.39, 0.29) is 17.7 Å². The molecule has 1 fully saturated rings. The highest BCUT2D eigenvalue weighted by Crippen LogP contribution is 2.24. The van der Waals surface area contributed by atoms with Gasteiger partial charge in [-0.3, -0.25) is 14.9 Å². The first-order valence-corrected chi connectivity index (χ1v) is 12.1. The number of nitrogens with one attached hydrogen (secondary N) is 2. The Kier molecular flexibility index (Phi) is 7.79. The maximum absolute atomic E-state index is 13.1. The number of hydrogen-bond acceptors (Lipinski definition) is 7. The summed E-state index contributed by atoms with van der Waals surface area (Å²) >= 11 is 6.02. The van der Waals surface area contributed by atoms with Gasteiger partial charge >= 0.3 is 0 Å². The van der Waals surface area contributed by atoms with Gasteiger partial charge in [-0.25, -0.2) is 5.43 Å². The second-order valence-corrected chi connectivity index (χ2v) is 10.4. The Hall–Kier alpha value is -2.79. The molecule has 0 bridgehead atoms. The quantitative estimate of drug-likeness (QED) is 0.319. The number of nitrogens with zero attached hydrogens (tertiary/aromatic N) is 2. The minimum atomic E-state index is -1.43. The Morgan fingerprint density at radius 1 is 1.08 bits per heavy atom. The fourth-order valence-electron chi connectivity index (χ4n) is 3.90. The summed E-state index contributed by atoms with van der Waals surface area (Å²) in [5.74, 6) is -0.509. The van der Waals surface area contributed by atoms with Gasteiger partial charge in [0.25, 0.3) is 5.91 Å². The van der Waals surface area contributed by atoms with Gasteiger partial charge in [-0.15, -0.1) is 0 Å². The predicted molar refractivity (Wildman–Crippen MR) is 135 cm³/mol. The van der Waals surface area contributed by atoms with Crippen LogP contribution in [0.5, 0.6) is 0 Å². The van der Waals surface area contributed by atoms with E-state index in [1.54, 1.807) is 22.9 Å². The topological polar surface area (TPSA) is 129 Å². The number of carbonyl (C=O) groups excluding carboxylic acids is 1. The minimum absolute atomic E-state index is 0.0259. The van der Waals surface area contributed by atoms with Crippen LogP contribution in [-0.4, -0.2) is 62.2 Å². The van der Waals surface area contributed by atoms with Crippen molar-refractivity contribution in [3.63, 3.8) is 0 Å². The predicted octanol–water partition coefficient (Wildman–Crippen LogP) is 2.22. The van der Waals surface area contributed by atoms with Crippen LogP contribution < -0.4 is 10.9 Å². The van der Waals surface area contributed by atoms with Crippen molar-refractivity contribution in [2.45, 2.75) is 57.3 Å². The summed E-state index contributed by atoms with van der Waals surface area (Å²) in [4.78, 5) is 13.1. The highest BCUT2D eigenvalue weighted by Gasteiger charge is 2.37. The molecule has 5 N–H and O–H groups in total. The number of hydrogen-bond donors (Lipinski definition) is 5. The zero-order chi connectivity index (χ0) is 26.0. The largest absolute Gasteiger partial charge is 0.388 e. The molecule has 10 heteroatoms. The Morgan fingerprint density at radius 3 is 2.39 bits per heavy atom. The van der Waals surface area contributed by atoms with Crippen molar-refractivity contribution in [2.75, 3.05) is 6.61 Å². The maximum atomic E-state index is 13.1. The molecule has 4 atom stereocenters. The van der Waals surface area contributed by atoms with Crippen LogP contribution in [0.4, 0.5) is 0 Å².